The summed E-state index contributed by atoms with van der Waals surface area (Å²) in [7, 11) is 1.41. The molecule has 9 heteroatoms. The fourth-order valence-corrected chi connectivity index (χ4v) is 2.50. The minimum Gasteiger partial charge on any atom is -0.493 e. The van der Waals surface area contributed by atoms with Crippen LogP contribution >= 0.6 is 0 Å². The van der Waals surface area contributed by atoms with Crippen LogP contribution in [0.15, 0.2) is 30.3 Å². The van der Waals surface area contributed by atoms with Crippen LogP contribution in [0.1, 0.15) is 17.3 Å². The van der Waals surface area contributed by atoms with E-state index >= 15 is 0 Å². The molecule has 0 saturated heterocycles. The van der Waals surface area contributed by atoms with Gasteiger partial charge < -0.3 is 24.3 Å². The zero-order valence-corrected chi connectivity index (χ0v) is 15.1. The molecule has 1 amide bonds. The summed E-state index contributed by atoms with van der Waals surface area (Å²) in [5.74, 6) is -2.31. The second-order valence-corrected chi connectivity index (χ2v) is 5.86. The smallest absolute Gasteiger partial charge is 0.339 e. The lowest BCUT2D eigenvalue weighted by Crippen LogP contribution is -2.30. The molecule has 0 radical (unpaired) electrons. The molecule has 0 saturated carbocycles. The summed E-state index contributed by atoms with van der Waals surface area (Å²) in [6.07, 6.45) is -1.24. The minimum absolute atomic E-state index is 0.0914. The van der Waals surface area contributed by atoms with Gasteiger partial charge in [0.2, 0.25) is 5.75 Å². The van der Waals surface area contributed by atoms with Gasteiger partial charge in [0, 0.05) is 6.07 Å². The lowest BCUT2D eigenvalue weighted by atomic mass is 10.1. The fourth-order valence-electron chi connectivity index (χ4n) is 2.50. The van der Waals surface area contributed by atoms with Crippen LogP contribution in [0.2, 0.25) is 0 Å². The highest BCUT2D eigenvalue weighted by Gasteiger charge is 2.24. The van der Waals surface area contributed by atoms with Gasteiger partial charge in [0.05, 0.1) is 18.4 Å². The van der Waals surface area contributed by atoms with E-state index in [-0.39, 0.29) is 17.0 Å². The molecule has 148 valence electrons. The van der Waals surface area contributed by atoms with Crippen molar-refractivity contribution in [2.45, 2.75) is 13.0 Å². The number of benzene rings is 2. The van der Waals surface area contributed by atoms with E-state index in [0.717, 1.165) is 12.1 Å². The van der Waals surface area contributed by atoms with Crippen molar-refractivity contribution in [3.63, 3.8) is 0 Å². The van der Waals surface area contributed by atoms with Gasteiger partial charge in [-0.2, -0.15) is 0 Å². The number of carbonyl (C=O) groups excluding carboxylic acids is 2. The highest BCUT2D eigenvalue weighted by molar-refractivity contribution is 5.97. The van der Waals surface area contributed by atoms with Crippen molar-refractivity contribution in [1.82, 2.24) is 0 Å². The van der Waals surface area contributed by atoms with Gasteiger partial charge in [-0.3, -0.25) is 4.79 Å². The average molecular weight is 393 g/mol. The highest BCUT2D eigenvalue weighted by Crippen LogP contribution is 2.40. The standard InChI is InChI=1S/C19H17F2NO6/c1-10(18(23)22-14-4-3-12(20)9-13(14)21)28-19(24)11-7-15(25-2)17-16(8-11)26-5-6-27-17/h3-4,7-10H,5-6H2,1-2H3,(H,22,23)/t10-/m0/s1. The molecule has 28 heavy (non-hydrogen) atoms. The van der Waals surface area contributed by atoms with E-state index in [4.69, 9.17) is 18.9 Å². The van der Waals surface area contributed by atoms with E-state index in [1.165, 1.54) is 26.2 Å². The number of hydrogen-bond acceptors (Lipinski definition) is 6. The van der Waals surface area contributed by atoms with Crippen molar-refractivity contribution in [3.8, 4) is 17.2 Å². The van der Waals surface area contributed by atoms with Gasteiger partial charge >= 0.3 is 5.97 Å². The summed E-state index contributed by atoms with van der Waals surface area (Å²) in [6.45, 7) is 1.99. The van der Waals surface area contributed by atoms with Crippen LogP contribution in [-0.4, -0.2) is 38.3 Å². The Bertz CT molecular complexity index is 900. The van der Waals surface area contributed by atoms with Gasteiger partial charge in [0.25, 0.3) is 5.91 Å². The zero-order valence-electron chi connectivity index (χ0n) is 15.1. The van der Waals surface area contributed by atoms with Crippen LogP contribution in [-0.2, 0) is 9.53 Å². The van der Waals surface area contributed by atoms with Crippen LogP contribution < -0.4 is 19.5 Å². The van der Waals surface area contributed by atoms with Crippen molar-refractivity contribution in [3.05, 3.63) is 47.5 Å². The molecule has 1 aliphatic heterocycles. The minimum atomic E-state index is -1.24. The number of halogens is 2. The van der Waals surface area contributed by atoms with Gasteiger partial charge in [0.15, 0.2) is 17.6 Å². The third-order valence-corrected chi connectivity index (χ3v) is 3.91. The van der Waals surface area contributed by atoms with Crippen molar-refractivity contribution in [2.75, 3.05) is 25.6 Å². The lowest BCUT2D eigenvalue weighted by Gasteiger charge is -2.21. The molecule has 0 unspecified atom stereocenters. The SMILES string of the molecule is COc1cc(C(=O)O[C@@H](C)C(=O)Nc2ccc(F)cc2F)cc2c1OCCO2. The first-order chi connectivity index (χ1) is 13.4. The van der Waals surface area contributed by atoms with Crippen LogP contribution in [0.3, 0.4) is 0 Å². The van der Waals surface area contributed by atoms with Crippen LogP contribution in [0.25, 0.3) is 0 Å². The van der Waals surface area contributed by atoms with E-state index in [2.05, 4.69) is 5.32 Å². The number of carbonyl (C=O) groups is 2. The Kier molecular flexibility index (Phi) is 5.62. The number of ether oxygens (including phenoxy) is 4. The van der Waals surface area contributed by atoms with Crippen molar-refractivity contribution in [2.24, 2.45) is 0 Å². The van der Waals surface area contributed by atoms with Gasteiger partial charge in [0.1, 0.15) is 24.8 Å². The quantitative estimate of drug-likeness (QED) is 0.787. The maximum absolute atomic E-state index is 13.6. The molecule has 1 atom stereocenters. The first-order valence-electron chi connectivity index (χ1n) is 8.33. The third-order valence-electron chi connectivity index (χ3n) is 3.91. The molecule has 0 fully saturated rings. The number of nitrogens with one attached hydrogen (secondary N) is 1. The Hall–Kier alpha value is -3.36. The molecular formula is C19H17F2NO6. The Morgan fingerprint density at radius 3 is 2.61 bits per heavy atom. The Morgan fingerprint density at radius 2 is 1.89 bits per heavy atom. The summed E-state index contributed by atoms with van der Waals surface area (Å²) in [6, 6.07) is 5.52. The monoisotopic (exact) mass is 393 g/mol. The van der Waals surface area contributed by atoms with Crippen LogP contribution in [0, 0.1) is 11.6 Å². The van der Waals surface area contributed by atoms with E-state index in [1.54, 1.807) is 0 Å². The zero-order chi connectivity index (χ0) is 20.3. The number of amides is 1. The van der Waals surface area contributed by atoms with E-state index in [9.17, 15) is 18.4 Å². The molecule has 0 bridgehead atoms. The molecule has 0 aliphatic carbocycles. The normalized spacial score (nSPS) is 13.4. The molecule has 1 N–H and O–H groups in total. The van der Waals surface area contributed by atoms with Crippen molar-refractivity contribution >= 4 is 17.6 Å². The van der Waals surface area contributed by atoms with Gasteiger partial charge in [-0.05, 0) is 31.2 Å². The summed E-state index contributed by atoms with van der Waals surface area (Å²) in [4.78, 5) is 24.6. The van der Waals surface area contributed by atoms with Crippen molar-refractivity contribution < 1.29 is 37.3 Å². The van der Waals surface area contributed by atoms with Crippen LogP contribution in [0.4, 0.5) is 14.5 Å². The summed E-state index contributed by atoms with van der Waals surface area (Å²) < 4.78 is 47.8. The van der Waals surface area contributed by atoms with E-state index < -0.39 is 29.6 Å². The van der Waals surface area contributed by atoms with Gasteiger partial charge in [-0.1, -0.05) is 0 Å². The number of rotatable bonds is 5. The molecule has 1 heterocycles. The molecule has 3 rings (SSSR count). The molecule has 2 aromatic carbocycles. The topological polar surface area (TPSA) is 83.1 Å². The second kappa shape index (κ2) is 8.12. The molecular weight excluding hydrogens is 376 g/mol. The maximum atomic E-state index is 13.6. The predicted molar refractivity (Wildman–Crippen MR) is 93.8 cm³/mol. The fraction of sp³-hybridized carbons (Fsp3) is 0.263. The Balaban J connectivity index is 1.70. The molecule has 0 spiro atoms. The summed E-state index contributed by atoms with van der Waals surface area (Å²) in [5.41, 5.74) is -0.135. The predicted octanol–water partition coefficient (Wildman–Crippen LogP) is 2.93. The number of hydrogen-bond donors (Lipinski definition) is 1. The largest absolute Gasteiger partial charge is 0.493 e. The Morgan fingerprint density at radius 1 is 1.14 bits per heavy atom. The highest BCUT2D eigenvalue weighted by atomic mass is 19.1. The van der Waals surface area contributed by atoms with E-state index in [1.807, 2.05) is 0 Å². The Labute approximate surface area is 159 Å². The van der Waals surface area contributed by atoms with Gasteiger partial charge in [-0.25, -0.2) is 13.6 Å². The third kappa shape index (κ3) is 4.13. The van der Waals surface area contributed by atoms with Gasteiger partial charge in [-0.15, -0.1) is 0 Å². The number of methoxy groups -OCH3 is 1. The number of fused-ring (bicyclic) bond motifs is 1. The summed E-state index contributed by atoms with van der Waals surface area (Å²) in [5, 5.41) is 2.24. The summed E-state index contributed by atoms with van der Waals surface area (Å²) >= 11 is 0. The maximum Gasteiger partial charge on any atom is 0.339 e. The molecule has 1 aliphatic rings. The molecule has 2 aromatic rings. The molecule has 0 aromatic heterocycles. The second-order valence-electron chi connectivity index (χ2n) is 5.86. The number of anilines is 1. The lowest BCUT2D eigenvalue weighted by molar-refractivity contribution is -0.123. The van der Waals surface area contributed by atoms with E-state index in [0.29, 0.717) is 30.8 Å². The first kappa shape index (κ1) is 19.4. The molecule has 7 nitrogen and oxygen atoms in total. The van der Waals surface area contributed by atoms with Crippen LogP contribution in [0.5, 0.6) is 17.2 Å². The number of esters is 1. The average Bonchev–Trinajstić information content (AvgIpc) is 2.68. The van der Waals surface area contributed by atoms with Crippen molar-refractivity contribution in [1.29, 1.82) is 0 Å². The first-order valence-corrected chi connectivity index (χ1v) is 8.33.